The summed E-state index contributed by atoms with van der Waals surface area (Å²) in [6.07, 6.45) is 6.32. The van der Waals surface area contributed by atoms with Gasteiger partial charge in [0.15, 0.2) is 0 Å². The number of carbonyl (C=O) groups is 1. The van der Waals surface area contributed by atoms with E-state index in [4.69, 9.17) is 10.5 Å². The van der Waals surface area contributed by atoms with Crippen LogP contribution in [0.2, 0.25) is 0 Å². The first-order chi connectivity index (χ1) is 9.15. The second kappa shape index (κ2) is 6.56. The summed E-state index contributed by atoms with van der Waals surface area (Å²) in [6.45, 7) is 1.74. The summed E-state index contributed by atoms with van der Waals surface area (Å²) in [4.78, 5) is 14.0. The van der Waals surface area contributed by atoms with Crippen LogP contribution >= 0.6 is 0 Å². The van der Waals surface area contributed by atoms with Crippen LogP contribution < -0.4 is 5.73 Å². The molecule has 1 aromatic heterocycles. The van der Waals surface area contributed by atoms with Crippen LogP contribution in [0.4, 0.5) is 5.82 Å². The van der Waals surface area contributed by atoms with E-state index < -0.39 is 0 Å². The number of carbonyl (C=O) groups excluding carboxylic acids is 1. The fourth-order valence-corrected chi connectivity index (χ4v) is 2.46. The highest BCUT2D eigenvalue weighted by molar-refractivity contribution is 5.69. The molecule has 0 aliphatic carbocycles. The minimum absolute atomic E-state index is 0.123. The molecule has 2 N–H and O–H groups in total. The van der Waals surface area contributed by atoms with Crippen molar-refractivity contribution in [1.29, 1.82) is 0 Å². The van der Waals surface area contributed by atoms with E-state index in [9.17, 15) is 4.79 Å². The van der Waals surface area contributed by atoms with Gasteiger partial charge < -0.3 is 15.4 Å². The van der Waals surface area contributed by atoms with Crippen molar-refractivity contribution in [3.05, 3.63) is 12.3 Å². The number of likely N-dealkylation sites (tertiary alicyclic amines) is 1. The highest BCUT2D eigenvalue weighted by Gasteiger charge is 2.18. The third kappa shape index (κ3) is 4.24. The lowest BCUT2D eigenvalue weighted by molar-refractivity contribution is -0.145. The molecular formula is C13H22N4O2. The molecule has 0 amide bonds. The van der Waals surface area contributed by atoms with Gasteiger partial charge in [-0.05, 0) is 38.9 Å². The number of piperidine rings is 1. The molecule has 106 valence electrons. The molecular weight excluding hydrogens is 244 g/mol. The van der Waals surface area contributed by atoms with Crippen LogP contribution in [0, 0.1) is 0 Å². The standard InChI is InChI=1S/C13H22N4O2/c1-16-7-3-2-4-11(16)6-9-19-13(18)10-17-8-5-12(14)15-17/h5,8,11H,2-4,6-7,9-10H2,1H3,(H2,14,15). The van der Waals surface area contributed by atoms with Crippen molar-refractivity contribution in [2.45, 2.75) is 38.3 Å². The highest BCUT2D eigenvalue weighted by atomic mass is 16.5. The predicted octanol–water partition coefficient (Wildman–Crippen LogP) is 0.883. The van der Waals surface area contributed by atoms with E-state index in [0.717, 1.165) is 13.0 Å². The maximum Gasteiger partial charge on any atom is 0.327 e. The van der Waals surface area contributed by atoms with Crippen molar-refractivity contribution < 1.29 is 9.53 Å². The number of nitrogens with zero attached hydrogens (tertiary/aromatic N) is 3. The number of ether oxygens (including phenoxy) is 1. The number of hydrogen-bond acceptors (Lipinski definition) is 5. The quantitative estimate of drug-likeness (QED) is 0.801. The van der Waals surface area contributed by atoms with Crippen molar-refractivity contribution in [3.8, 4) is 0 Å². The zero-order chi connectivity index (χ0) is 13.7. The molecule has 1 aliphatic heterocycles. The molecule has 0 saturated carbocycles. The summed E-state index contributed by atoms with van der Waals surface area (Å²) < 4.78 is 6.73. The van der Waals surface area contributed by atoms with Gasteiger partial charge in [-0.15, -0.1) is 0 Å². The highest BCUT2D eigenvalue weighted by Crippen LogP contribution is 2.17. The van der Waals surface area contributed by atoms with Gasteiger partial charge in [0, 0.05) is 12.2 Å². The summed E-state index contributed by atoms with van der Waals surface area (Å²) >= 11 is 0. The Morgan fingerprint density at radius 1 is 1.58 bits per heavy atom. The van der Waals surface area contributed by atoms with Crippen molar-refractivity contribution in [1.82, 2.24) is 14.7 Å². The Kier molecular flexibility index (Phi) is 4.79. The number of esters is 1. The zero-order valence-electron chi connectivity index (χ0n) is 11.4. The normalized spacial score (nSPS) is 20.4. The molecule has 0 bridgehead atoms. The maximum atomic E-state index is 11.6. The third-order valence-electron chi connectivity index (χ3n) is 3.59. The van der Waals surface area contributed by atoms with Gasteiger partial charge in [0.25, 0.3) is 0 Å². The monoisotopic (exact) mass is 266 g/mol. The second-order valence-electron chi connectivity index (χ2n) is 5.08. The number of aromatic nitrogens is 2. The summed E-state index contributed by atoms with van der Waals surface area (Å²) in [5.41, 5.74) is 5.48. The Balaban J connectivity index is 1.66. The lowest BCUT2D eigenvalue weighted by Gasteiger charge is -2.32. The molecule has 0 radical (unpaired) electrons. The lowest BCUT2D eigenvalue weighted by atomic mass is 10.0. The summed E-state index contributed by atoms with van der Waals surface area (Å²) in [6, 6.07) is 2.20. The first kappa shape index (κ1) is 13.9. The van der Waals surface area contributed by atoms with E-state index >= 15 is 0 Å². The number of nitrogens with two attached hydrogens (primary N) is 1. The number of nitrogen functional groups attached to an aromatic ring is 1. The lowest BCUT2D eigenvalue weighted by Crippen LogP contribution is -2.37. The van der Waals surface area contributed by atoms with Gasteiger partial charge >= 0.3 is 5.97 Å². The molecule has 1 aromatic rings. The summed E-state index contributed by atoms with van der Waals surface area (Å²) in [5.74, 6) is 0.151. The third-order valence-corrected chi connectivity index (χ3v) is 3.59. The van der Waals surface area contributed by atoms with E-state index in [0.29, 0.717) is 18.5 Å². The molecule has 6 heteroatoms. The summed E-state index contributed by atoms with van der Waals surface area (Å²) in [7, 11) is 2.14. The van der Waals surface area contributed by atoms with E-state index in [1.807, 2.05) is 0 Å². The molecule has 6 nitrogen and oxygen atoms in total. The van der Waals surface area contributed by atoms with Crippen LogP contribution in [0.15, 0.2) is 12.3 Å². The van der Waals surface area contributed by atoms with Crippen molar-refractivity contribution >= 4 is 11.8 Å². The molecule has 1 atom stereocenters. The second-order valence-corrected chi connectivity index (χ2v) is 5.08. The Labute approximate surface area is 113 Å². The van der Waals surface area contributed by atoms with Gasteiger partial charge in [0.2, 0.25) is 0 Å². The van der Waals surface area contributed by atoms with Crippen LogP contribution in [-0.4, -0.2) is 46.9 Å². The van der Waals surface area contributed by atoms with Gasteiger partial charge in [-0.1, -0.05) is 6.42 Å². The number of anilines is 1. The van der Waals surface area contributed by atoms with Crippen molar-refractivity contribution in [2.24, 2.45) is 0 Å². The predicted molar refractivity (Wildman–Crippen MR) is 72.5 cm³/mol. The molecule has 2 heterocycles. The van der Waals surface area contributed by atoms with Crippen molar-refractivity contribution in [3.63, 3.8) is 0 Å². The average molecular weight is 266 g/mol. The minimum atomic E-state index is -0.262. The largest absolute Gasteiger partial charge is 0.464 e. The summed E-state index contributed by atoms with van der Waals surface area (Å²) in [5, 5.41) is 3.95. The Morgan fingerprint density at radius 2 is 2.42 bits per heavy atom. The van der Waals surface area contributed by atoms with Crippen LogP contribution in [0.5, 0.6) is 0 Å². The molecule has 1 unspecified atom stereocenters. The Hall–Kier alpha value is -1.56. The number of rotatable bonds is 5. The van der Waals surface area contributed by atoms with Crippen LogP contribution in [-0.2, 0) is 16.1 Å². The van der Waals surface area contributed by atoms with Gasteiger partial charge in [-0.25, -0.2) is 0 Å². The number of hydrogen-bond donors (Lipinski definition) is 1. The van der Waals surface area contributed by atoms with Gasteiger partial charge in [0.1, 0.15) is 12.4 Å². The van der Waals surface area contributed by atoms with Gasteiger partial charge in [-0.3, -0.25) is 9.48 Å². The van der Waals surface area contributed by atoms with Gasteiger partial charge in [0.05, 0.1) is 6.61 Å². The molecule has 0 aromatic carbocycles. The Morgan fingerprint density at radius 3 is 3.11 bits per heavy atom. The van der Waals surface area contributed by atoms with Crippen LogP contribution in [0.25, 0.3) is 0 Å². The zero-order valence-corrected chi connectivity index (χ0v) is 11.4. The fraction of sp³-hybridized carbons (Fsp3) is 0.692. The SMILES string of the molecule is CN1CCCCC1CCOC(=O)Cn1ccc(N)n1. The minimum Gasteiger partial charge on any atom is -0.464 e. The fourth-order valence-electron chi connectivity index (χ4n) is 2.46. The molecule has 19 heavy (non-hydrogen) atoms. The smallest absolute Gasteiger partial charge is 0.327 e. The van der Waals surface area contributed by atoms with Crippen LogP contribution in [0.3, 0.4) is 0 Å². The van der Waals surface area contributed by atoms with E-state index in [2.05, 4.69) is 17.0 Å². The Bertz CT molecular complexity index is 419. The van der Waals surface area contributed by atoms with E-state index in [1.165, 1.54) is 23.9 Å². The van der Waals surface area contributed by atoms with Crippen molar-refractivity contribution in [2.75, 3.05) is 25.9 Å². The van der Waals surface area contributed by atoms with Gasteiger partial charge in [-0.2, -0.15) is 5.10 Å². The first-order valence-corrected chi connectivity index (χ1v) is 6.80. The first-order valence-electron chi connectivity index (χ1n) is 6.80. The molecule has 1 fully saturated rings. The van der Waals surface area contributed by atoms with E-state index in [1.54, 1.807) is 12.3 Å². The maximum absolute atomic E-state index is 11.6. The average Bonchev–Trinajstić information content (AvgIpc) is 2.77. The van der Waals surface area contributed by atoms with E-state index in [-0.39, 0.29) is 12.5 Å². The topological polar surface area (TPSA) is 73.4 Å². The molecule has 1 aliphatic rings. The molecule has 0 spiro atoms. The van der Waals surface area contributed by atoms with Crippen LogP contribution in [0.1, 0.15) is 25.7 Å². The molecule has 2 rings (SSSR count). The molecule has 1 saturated heterocycles.